The van der Waals surface area contributed by atoms with Crippen LogP contribution in [-0.4, -0.2) is 148 Å². The number of halogens is 1. The number of rotatable bonds is 34. The number of carbonyl (C=O) groups excluding carboxylic acids is 9. The molecule has 0 aliphatic heterocycles. The number of aliphatic hydroxyl groups is 1. The van der Waals surface area contributed by atoms with Crippen LogP contribution in [0.2, 0.25) is 5.02 Å². The van der Waals surface area contributed by atoms with Gasteiger partial charge in [-0.05, 0) is 117 Å². The van der Waals surface area contributed by atoms with Crippen LogP contribution in [0, 0.1) is 0 Å². The highest BCUT2D eigenvalue weighted by Crippen LogP contribution is 2.24. The summed E-state index contributed by atoms with van der Waals surface area (Å²) in [5.74, 6) is -6.43. The minimum absolute atomic E-state index is 0.0165. The fourth-order valence-electron chi connectivity index (χ4n) is 7.75. The first kappa shape index (κ1) is 65.3. The molecule has 0 bridgehead atoms. The number of likely N-dealkylation sites (N-methyl/N-ethyl adjacent to an activating group) is 1. The van der Waals surface area contributed by atoms with Crippen molar-refractivity contribution in [3.8, 4) is 11.5 Å². The second-order valence-corrected chi connectivity index (χ2v) is 21.7. The summed E-state index contributed by atoms with van der Waals surface area (Å²) in [5, 5.41) is 49.1. The van der Waals surface area contributed by atoms with Crippen LogP contribution in [0.1, 0.15) is 58.8 Å². The number of aliphatic hydroxyl groups excluding tert-OH is 1. The highest BCUT2D eigenvalue weighted by atomic mass is 35.5. The lowest BCUT2D eigenvalue weighted by molar-refractivity contribution is -0.135. The molecule has 0 heterocycles. The minimum atomic E-state index is -1.50. The number of primary amides is 2. The van der Waals surface area contributed by atoms with Crippen molar-refractivity contribution < 1.29 is 58.5 Å². The zero-order valence-corrected chi connectivity index (χ0v) is 46.5. The molecule has 9 atom stereocenters. The number of aldehydes is 1. The standard InChI is InChI=1S/C54H70ClN11O12S2/c1-30(68)44(27-67)65-50(74)40(5-3-4-22-56)61-51(75)42(25-32-6-14-35(15-7-32)47(58)71)63-52(76)43(26-34-12-20-38(70)21-13-34)64-54(78)46(66-49(73)39(57)23-31-8-16-36(55)17-9-31)29-80-79-28-45(60-2)53(77)62-41(48(59)72)24-33-10-18-37(69)19-11-33/h6-21,27,30,39-46,60,68-70H,3-5,22-26,28-29,56-57H2,1-2H3,(H2,58,71)(H2,59,72)(H,61,75)(H,62,77)(H,63,76)(H,64,78)(H,65,74)(H,66,73)/t30?,39-,40-,41+,42+,43-,44?,45-,46+/m0/s1. The van der Waals surface area contributed by atoms with Crippen LogP contribution in [0.3, 0.4) is 0 Å². The number of benzene rings is 4. The Morgan fingerprint density at radius 3 is 1.41 bits per heavy atom. The summed E-state index contributed by atoms with van der Waals surface area (Å²) in [7, 11) is 3.76. The number of nitrogens with two attached hydrogens (primary N) is 4. The SMILES string of the molecule is CN[C@@H](CSSC[C@@H](NC(=O)[C@@H](N)Cc1ccc(Cl)cc1)C(=O)N[C@@H](Cc1ccc(O)cc1)C(=O)N[C@H](Cc1ccc(C(N)=O)cc1)C(=O)N[C@@H](CCCCN)C(=O)NC(C=O)C(C)O)C(=O)N[C@H](Cc1ccc(O)cc1)C(N)=O. The maximum absolute atomic E-state index is 14.7. The summed E-state index contributed by atoms with van der Waals surface area (Å²) >= 11 is 6.07. The number of carbonyl (C=O) groups is 9. The van der Waals surface area contributed by atoms with Crippen molar-refractivity contribution in [2.24, 2.45) is 22.9 Å². The van der Waals surface area contributed by atoms with E-state index in [0.717, 1.165) is 21.6 Å². The van der Waals surface area contributed by atoms with Gasteiger partial charge in [-0.15, -0.1) is 0 Å². The third-order valence-electron chi connectivity index (χ3n) is 12.5. The molecule has 0 radical (unpaired) electrons. The van der Waals surface area contributed by atoms with Gasteiger partial charge in [-0.3, -0.25) is 38.4 Å². The van der Waals surface area contributed by atoms with Gasteiger partial charge in [0.15, 0.2) is 0 Å². The Balaban J connectivity index is 1.64. The van der Waals surface area contributed by atoms with E-state index in [9.17, 15) is 58.5 Å². The van der Waals surface area contributed by atoms with Gasteiger partial charge in [0.25, 0.3) is 0 Å². The summed E-state index contributed by atoms with van der Waals surface area (Å²) in [6, 6.07) is 14.1. The van der Waals surface area contributed by atoms with Crippen molar-refractivity contribution in [3.63, 3.8) is 0 Å². The number of hydrogen-bond donors (Lipinski definition) is 14. The summed E-state index contributed by atoms with van der Waals surface area (Å²) in [4.78, 5) is 121. The lowest BCUT2D eigenvalue weighted by Gasteiger charge is -2.27. The first-order valence-electron chi connectivity index (χ1n) is 25.4. The first-order chi connectivity index (χ1) is 38.1. The number of aromatic hydroxyl groups is 2. The van der Waals surface area contributed by atoms with Crippen molar-refractivity contribution in [2.75, 3.05) is 25.1 Å². The minimum Gasteiger partial charge on any atom is -0.508 e. The smallest absolute Gasteiger partial charge is 0.248 e. The van der Waals surface area contributed by atoms with Gasteiger partial charge < -0.3 is 80.3 Å². The summed E-state index contributed by atoms with van der Waals surface area (Å²) in [6.07, 6.45) is -0.439. The van der Waals surface area contributed by atoms with Gasteiger partial charge in [0.05, 0.1) is 18.2 Å². The Kier molecular flexibility index (Phi) is 27.2. The third-order valence-corrected chi connectivity index (χ3v) is 15.1. The normalized spacial score (nSPS) is 14.5. The van der Waals surface area contributed by atoms with Crippen LogP contribution >= 0.6 is 33.2 Å². The van der Waals surface area contributed by atoms with Crippen molar-refractivity contribution >= 4 is 86.7 Å². The Bertz CT molecular complexity index is 2710. The quantitative estimate of drug-likeness (QED) is 0.0160. The van der Waals surface area contributed by atoms with Crippen LogP contribution < -0.4 is 60.2 Å². The number of phenols is 2. The molecule has 23 nitrogen and oxygen atoms in total. The molecule has 8 amide bonds. The second kappa shape index (κ2) is 33.4. The molecule has 0 aromatic heterocycles. The fourth-order valence-corrected chi connectivity index (χ4v) is 10.3. The topological polar surface area (TPSA) is 403 Å². The van der Waals surface area contributed by atoms with E-state index in [1.165, 1.54) is 74.6 Å². The zero-order chi connectivity index (χ0) is 58.9. The van der Waals surface area contributed by atoms with Crippen LogP contribution in [0.4, 0.5) is 0 Å². The number of nitrogens with one attached hydrogen (secondary N) is 7. The molecule has 0 saturated heterocycles. The van der Waals surface area contributed by atoms with E-state index < -0.39 is 102 Å². The zero-order valence-electron chi connectivity index (χ0n) is 44.1. The van der Waals surface area contributed by atoms with Gasteiger partial charge in [-0.1, -0.05) is 81.7 Å². The van der Waals surface area contributed by atoms with E-state index in [1.54, 1.807) is 36.4 Å². The summed E-state index contributed by atoms with van der Waals surface area (Å²) in [5.41, 5.74) is 25.5. The van der Waals surface area contributed by atoms with Gasteiger partial charge in [-0.2, -0.15) is 0 Å². The Morgan fingerprint density at radius 1 is 0.550 bits per heavy atom. The van der Waals surface area contributed by atoms with Crippen LogP contribution in [0.5, 0.6) is 11.5 Å². The molecule has 0 saturated carbocycles. The molecule has 4 aromatic rings. The molecule has 2 unspecified atom stereocenters. The predicted octanol–water partition coefficient (Wildman–Crippen LogP) is -0.480. The van der Waals surface area contributed by atoms with E-state index in [1.807, 2.05) is 0 Å². The molecule has 0 fully saturated rings. The molecule has 80 heavy (non-hydrogen) atoms. The lowest BCUT2D eigenvalue weighted by Crippen LogP contribution is -2.60. The number of amides is 8. The van der Waals surface area contributed by atoms with Gasteiger partial charge in [-0.25, -0.2) is 0 Å². The number of hydrogen-bond acceptors (Lipinski definition) is 17. The summed E-state index contributed by atoms with van der Waals surface area (Å²) < 4.78 is 0. The lowest BCUT2D eigenvalue weighted by atomic mass is 10.00. The van der Waals surface area contributed by atoms with Crippen molar-refractivity contribution in [2.45, 2.75) is 106 Å². The molecule has 0 spiro atoms. The van der Waals surface area contributed by atoms with Crippen molar-refractivity contribution in [3.05, 3.63) is 130 Å². The van der Waals surface area contributed by atoms with Gasteiger partial charge in [0, 0.05) is 41.4 Å². The van der Waals surface area contributed by atoms with E-state index in [4.69, 9.17) is 34.5 Å². The monoisotopic (exact) mass is 1160 g/mol. The Morgan fingerprint density at radius 2 is 0.950 bits per heavy atom. The van der Waals surface area contributed by atoms with Crippen LogP contribution in [0.15, 0.2) is 97.1 Å². The second-order valence-electron chi connectivity index (χ2n) is 18.8. The van der Waals surface area contributed by atoms with Gasteiger partial charge >= 0.3 is 0 Å². The highest BCUT2D eigenvalue weighted by Gasteiger charge is 2.34. The number of phenolic OH excluding ortho intramolecular Hbond substituents is 2. The van der Waals surface area contributed by atoms with E-state index in [-0.39, 0.29) is 67.2 Å². The summed E-state index contributed by atoms with van der Waals surface area (Å²) in [6.45, 7) is 1.56. The van der Waals surface area contributed by atoms with Crippen LogP contribution in [0.25, 0.3) is 0 Å². The molecule has 18 N–H and O–H groups in total. The number of unbranched alkanes of at least 4 members (excludes halogenated alkanes) is 1. The maximum atomic E-state index is 14.7. The molecule has 0 aliphatic rings. The highest BCUT2D eigenvalue weighted by molar-refractivity contribution is 8.76. The van der Waals surface area contributed by atoms with E-state index >= 15 is 0 Å². The molecule has 4 rings (SSSR count). The molecule has 4 aromatic carbocycles. The van der Waals surface area contributed by atoms with Crippen LogP contribution in [-0.2, 0) is 64.0 Å². The molecule has 26 heteroatoms. The van der Waals surface area contributed by atoms with Gasteiger partial charge in [0.2, 0.25) is 47.3 Å². The van der Waals surface area contributed by atoms with Crippen molar-refractivity contribution in [1.82, 2.24) is 37.2 Å². The fraction of sp³-hybridized carbons (Fsp3) is 0.389. The Hall–Kier alpha value is -7.26. The third kappa shape index (κ3) is 22.1. The largest absolute Gasteiger partial charge is 0.508 e. The maximum Gasteiger partial charge on any atom is 0.248 e. The molecule has 432 valence electrons. The average molecular weight is 1160 g/mol. The average Bonchev–Trinajstić information content (AvgIpc) is 3.44. The first-order valence-corrected chi connectivity index (χ1v) is 28.3. The van der Waals surface area contributed by atoms with Crippen molar-refractivity contribution in [1.29, 1.82) is 0 Å². The molecular weight excluding hydrogens is 1090 g/mol. The Labute approximate surface area is 476 Å². The molecule has 0 aliphatic carbocycles. The predicted molar refractivity (Wildman–Crippen MR) is 305 cm³/mol. The van der Waals surface area contributed by atoms with E-state index in [2.05, 4.69) is 37.2 Å². The van der Waals surface area contributed by atoms with E-state index in [0.29, 0.717) is 46.4 Å². The van der Waals surface area contributed by atoms with Gasteiger partial charge in [0.1, 0.15) is 54.0 Å². The molecular formula is C54H70ClN11O12S2.